The lowest BCUT2D eigenvalue weighted by atomic mass is 10.1. The van der Waals surface area contributed by atoms with Gasteiger partial charge in [-0.3, -0.25) is 14.4 Å². The number of amides is 2. The van der Waals surface area contributed by atoms with E-state index in [4.69, 9.17) is 13.7 Å². The molecule has 1 aliphatic carbocycles. The number of benzene rings is 1. The number of hydrogen-bond donors (Lipinski definition) is 2. The number of aryl methyl sites for hydroxylation is 1. The van der Waals surface area contributed by atoms with E-state index in [1.807, 2.05) is 0 Å². The van der Waals surface area contributed by atoms with Crippen LogP contribution < -0.4 is 10.6 Å². The van der Waals surface area contributed by atoms with Gasteiger partial charge in [-0.05, 0) is 37.1 Å². The minimum atomic E-state index is -0.590. The summed E-state index contributed by atoms with van der Waals surface area (Å²) < 4.78 is 15.2. The van der Waals surface area contributed by atoms with Gasteiger partial charge in [0.25, 0.3) is 11.8 Å². The Kier molecular flexibility index (Phi) is 6.06. The zero-order valence-corrected chi connectivity index (χ0v) is 16.5. The van der Waals surface area contributed by atoms with Gasteiger partial charge in [-0.2, -0.15) is 4.98 Å². The Morgan fingerprint density at radius 1 is 1.13 bits per heavy atom. The molecule has 1 saturated carbocycles. The third-order valence-corrected chi connectivity index (χ3v) is 4.48. The van der Waals surface area contributed by atoms with Crippen molar-refractivity contribution in [3.8, 4) is 11.6 Å². The van der Waals surface area contributed by atoms with Crippen molar-refractivity contribution in [2.45, 2.75) is 31.7 Å². The molecule has 2 aromatic heterocycles. The minimum absolute atomic E-state index is 0.0343. The van der Waals surface area contributed by atoms with E-state index in [1.54, 1.807) is 36.4 Å². The fourth-order valence-corrected chi connectivity index (χ4v) is 2.76. The first-order chi connectivity index (χ1) is 15.1. The molecule has 1 fully saturated rings. The van der Waals surface area contributed by atoms with Crippen molar-refractivity contribution in [2.24, 2.45) is 0 Å². The summed E-state index contributed by atoms with van der Waals surface area (Å²) in [6.07, 6.45) is 3.55. The third-order valence-electron chi connectivity index (χ3n) is 4.48. The van der Waals surface area contributed by atoms with Crippen molar-refractivity contribution < 1.29 is 28.1 Å². The van der Waals surface area contributed by atoms with Crippen molar-refractivity contribution in [1.29, 1.82) is 0 Å². The average Bonchev–Trinajstić information content (AvgIpc) is 3.22. The molecule has 0 aliphatic heterocycles. The molecule has 0 bridgehead atoms. The average molecular weight is 424 g/mol. The van der Waals surface area contributed by atoms with Crippen LogP contribution in [-0.2, 0) is 20.7 Å². The summed E-state index contributed by atoms with van der Waals surface area (Å²) in [4.78, 5) is 40.5. The number of nitrogens with zero attached hydrogens (tertiary/aromatic N) is 2. The molecule has 10 nitrogen and oxygen atoms in total. The predicted molar refractivity (Wildman–Crippen MR) is 107 cm³/mol. The zero-order chi connectivity index (χ0) is 21.6. The third kappa shape index (κ3) is 5.56. The van der Waals surface area contributed by atoms with Crippen LogP contribution in [0.4, 0.5) is 5.69 Å². The normalized spacial score (nSPS) is 12.9. The minimum Gasteiger partial charge on any atom is -0.461 e. The molecule has 2 amide bonds. The van der Waals surface area contributed by atoms with E-state index in [-0.39, 0.29) is 36.5 Å². The van der Waals surface area contributed by atoms with Gasteiger partial charge in [0.2, 0.25) is 11.7 Å². The zero-order valence-electron chi connectivity index (χ0n) is 16.5. The van der Waals surface area contributed by atoms with Crippen LogP contribution in [0.15, 0.2) is 51.6 Å². The lowest BCUT2D eigenvalue weighted by Crippen LogP contribution is -2.28. The Bertz CT molecular complexity index is 1070. The molecule has 160 valence electrons. The van der Waals surface area contributed by atoms with E-state index >= 15 is 0 Å². The molecule has 10 heteroatoms. The molecule has 0 atom stereocenters. The Morgan fingerprint density at radius 2 is 1.97 bits per heavy atom. The van der Waals surface area contributed by atoms with Crippen LogP contribution in [0.3, 0.4) is 0 Å². The smallest absolute Gasteiger partial charge is 0.306 e. The molecule has 2 N–H and O–H groups in total. The highest BCUT2D eigenvalue weighted by molar-refractivity contribution is 6.04. The fraction of sp³-hybridized carbons (Fsp3) is 0.286. The Hall–Kier alpha value is -3.95. The summed E-state index contributed by atoms with van der Waals surface area (Å²) in [6.45, 7) is -0.473. The quantitative estimate of drug-likeness (QED) is 0.500. The molecular formula is C21H20N4O6. The van der Waals surface area contributed by atoms with Gasteiger partial charge >= 0.3 is 5.97 Å². The van der Waals surface area contributed by atoms with Gasteiger partial charge in [-0.15, -0.1) is 0 Å². The lowest BCUT2D eigenvalue weighted by molar-refractivity contribution is -0.147. The second-order valence-corrected chi connectivity index (χ2v) is 6.99. The highest BCUT2D eigenvalue weighted by Crippen LogP contribution is 2.21. The molecule has 3 aromatic rings. The topological polar surface area (TPSA) is 137 Å². The number of carbonyl (C=O) groups excluding carboxylic acids is 3. The van der Waals surface area contributed by atoms with Crippen molar-refractivity contribution in [1.82, 2.24) is 15.5 Å². The Labute approximate surface area is 177 Å². The van der Waals surface area contributed by atoms with Crippen LogP contribution in [-0.4, -0.2) is 40.6 Å². The van der Waals surface area contributed by atoms with Crippen molar-refractivity contribution in [3.63, 3.8) is 0 Å². The molecule has 0 saturated heterocycles. The van der Waals surface area contributed by atoms with Gasteiger partial charge in [0.15, 0.2) is 12.4 Å². The number of furan rings is 1. The van der Waals surface area contributed by atoms with E-state index in [0.717, 1.165) is 12.8 Å². The number of aromatic nitrogens is 2. The van der Waals surface area contributed by atoms with Crippen LogP contribution in [0.1, 0.15) is 35.5 Å². The largest absolute Gasteiger partial charge is 0.461 e. The molecule has 2 heterocycles. The number of anilines is 1. The van der Waals surface area contributed by atoms with Crippen molar-refractivity contribution >= 4 is 23.5 Å². The van der Waals surface area contributed by atoms with Crippen LogP contribution in [0, 0.1) is 0 Å². The number of nitrogens with one attached hydrogen (secondary N) is 2. The number of para-hydroxylation sites is 1. The van der Waals surface area contributed by atoms with Crippen LogP contribution >= 0.6 is 0 Å². The molecule has 1 aliphatic rings. The molecule has 4 rings (SSSR count). The first-order valence-electron chi connectivity index (χ1n) is 9.80. The number of ether oxygens (including phenoxy) is 1. The highest BCUT2D eigenvalue weighted by atomic mass is 16.5. The Morgan fingerprint density at radius 3 is 2.74 bits per heavy atom. The maximum Gasteiger partial charge on any atom is 0.306 e. The van der Waals surface area contributed by atoms with Gasteiger partial charge in [0, 0.05) is 12.5 Å². The summed E-state index contributed by atoms with van der Waals surface area (Å²) in [6, 6.07) is 10.3. The van der Waals surface area contributed by atoms with Gasteiger partial charge in [0.05, 0.1) is 23.9 Å². The molecule has 1 aromatic carbocycles. The maximum absolute atomic E-state index is 12.3. The second kappa shape index (κ2) is 9.24. The first kappa shape index (κ1) is 20.3. The summed E-state index contributed by atoms with van der Waals surface area (Å²) >= 11 is 0. The van der Waals surface area contributed by atoms with Crippen molar-refractivity contribution in [2.75, 3.05) is 11.9 Å². The van der Waals surface area contributed by atoms with Crippen LogP contribution in [0.25, 0.3) is 11.6 Å². The van der Waals surface area contributed by atoms with Gasteiger partial charge in [-0.1, -0.05) is 17.3 Å². The van der Waals surface area contributed by atoms with Crippen LogP contribution in [0.5, 0.6) is 0 Å². The number of rotatable bonds is 9. The number of carbonyl (C=O) groups is 3. The van der Waals surface area contributed by atoms with Gasteiger partial charge < -0.3 is 24.3 Å². The lowest BCUT2D eigenvalue weighted by Gasteiger charge is -2.11. The van der Waals surface area contributed by atoms with E-state index in [2.05, 4.69) is 20.8 Å². The molecule has 31 heavy (non-hydrogen) atoms. The standard InChI is InChI=1S/C21H20N4O6/c26-17(23-15-5-2-1-4-14(15)21(28)22-13-7-8-13)12-30-19(27)10-9-18-24-20(25-31-18)16-6-3-11-29-16/h1-6,11,13H,7-10,12H2,(H,22,28)(H,23,26). The van der Waals surface area contributed by atoms with Gasteiger partial charge in [0.1, 0.15) is 0 Å². The summed E-state index contributed by atoms with van der Waals surface area (Å²) in [5, 5.41) is 9.25. The fourth-order valence-electron chi connectivity index (χ4n) is 2.76. The summed E-state index contributed by atoms with van der Waals surface area (Å²) in [5.41, 5.74) is 0.718. The molecular weight excluding hydrogens is 404 g/mol. The maximum atomic E-state index is 12.3. The van der Waals surface area contributed by atoms with E-state index < -0.39 is 18.5 Å². The second-order valence-electron chi connectivity index (χ2n) is 6.99. The Balaban J connectivity index is 1.23. The van der Waals surface area contributed by atoms with Crippen LogP contribution in [0.2, 0.25) is 0 Å². The molecule has 0 radical (unpaired) electrons. The highest BCUT2D eigenvalue weighted by Gasteiger charge is 2.25. The van der Waals surface area contributed by atoms with E-state index in [9.17, 15) is 14.4 Å². The summed E-state index contributed by atoms with van der Waals surface area (Å²) in [7, 11) is 0. The number of esters is 1. The van der Waals surface area contributed by atoms with E-state index in [0.29, 0.717) is 17.0 Å². The summed E-state index contributed by atoms with van der Waals surface area (Å²) in [5.74, 6) is -0.379. The predicted octanol–water partition coefficient (Wildman–Crippen LogP) is 2.34. The first-order valence-corrected chi connectivity index (χ1v) is 9.80. The SMILES string of the molecule is O=C(COC(=O)CCc1nc(-c2ccco2)no1)Nc1ccccc1C(=O)NC1CC1. The number of hydrogen-bond acceptors (Lipinski definition) is 8. The van der Waals surface area contributed by atoms with E-state index in [1.165, 1.54) is 6.26 Å². The van der Waals surface area contributed by atoms with Crippen molar-refractivity contribution in [3.05, 3.63) is 54.1 Å². The monoisotopic (exact) mass is 424 g/mol. The molecule has 0 unspecified atom stereocenters. The molecule has 0 spiro atoms. The van der Waals surface area contributed by atoms with Gasteiger partial charge in [-0.25, -0.2) is 0 Å².